The molecule has 2 atom stereocenters. The van der Waals surface area contributed by atoms with Crippen LogP contribution in [0.15, 0.2) is 175 Å². The number of nitrogens with one attached hydrogen (secondary N) is 2. The second kappa shape index (κ2) is 11.9. The second-order valence-corrected chi connectivity index (χ2v) is 13.5. The molecule has 0 bridgehead atoms. The number of rotatable bonds is 4. The lowest BCUT2D eigenvalue weighted by molar-refractivity contribution is 0.409. The fourth-order valence-corrected chi connectivity index (χ4v) is 8.40. The first-order chi connectivity index (χ1) is 25.7. The first-order valence-corrected chi connectivity index (χ1v) is 17.6. The Bertz CT molecular complexity index is 2520. The van der Waals surface area contributed by atoms with Gasteiger partial charge in [-0.3, -0.25) is 5.32 Å². The summed E-state index contributed by atoms with van der Waals surface area (Å²) in [6.07, 6.45) is -0.554. The van der Waals surface area contributed by atoms with E-state index in [4.69, 9.17) is 9.73 Å². The topological polar surface area (TPSA) is 69.4 Å². The van der Waals surface area contributed by atoms with E-state index in [1.165, 1.54) is 22.3 Å². The summed E-state index contributed by atoms with van der Waals surface area (Å²) in [7, 11) is 0. The van der Waals surface area contributed by atoms with Crippen molar-refractivity contribution >= 4 is 5.84 Å². The molecule has 0 saturated carbocycles. The quantitative estimate of drug-likeness (QED) is 0.196. The van der Waals surface area contributed by atoms with Crippen molar-refractivity contribution in [3.8, 4) is 39.8 Å². The highest BCUT2D eigenvalue weighted by molar-refractivity contribution is 6.00. The van der Waals surface area contributed by atoms with E-state index >= 15 is 0 Å². The molecule has 246 valence electrons. The molecular weight excluding hydrogens is 637 g/mol. The van der Waals surface area contributed by atoms with Crippen LogP contribution in [-0.4, -0.2) is 5.84 Å². The van der Waals surface area contributed by atoms with Crippen molar-refractivity contribution in [2.24, 2.45) is 4.99 Å². The molecule has 0 radical (unpaired) electrons. The monoisotopic (exact) mass is 668 g/mol. The van der Waals surface area contributed by atoms with Gasteiger partial charge in [-0.15, -0.1) is 0 Å². The van der Waals surface area contributed by atoms with E-state index in [9.17, 15) is 5.26 Å². The van der Waals surface area contributed by atoms with E-state index < -0.39 is 5.41 Å². The molecule has 5 nitrogen and oxygen atoms in total. The number of para-hydroxylation sites is 2. The lowest BCUT2D eigenvalue weighted by Gasteiger charge is -2.39. The maximum Gasteiger partial charge on any atom is 0.132 e. The molecule has 0 amide bonds. The standard InChI is InChI=1S/C47H32N4O/c48-29-30-21-23-31(24-22-30)32-25-27-34(28-26-32)45-49-44(33-11-2-1-3-12-33)50-46(51-45)36-14-10-18-40-43(36)35-13-4-5-15-37(35)47(40)38-16-6-8-19-41(38)52-42-20-9-7-17-39(42)47/h1-28,45-46,51H,(H,49,50). The highest BCUT2D eigenvalue weighted by atomic mass is 16.5. The van der Waals surface area contributed by atoms with Crippen LogP contribution >= 0.6 is 0 Å². The fourth-order valence-electron chi connectivity index (χ4n) is 8.40. The van der Waals surface area contributed by atoms with Crippen molar-refractivity contribution in [1.29, 1.82) is 5.26 Å². The average molecular weight is 669 g/mol. The summed E-state index contributed by atoms with van der Waals surface area (Å²) in [5.41, 5.74) is 12.7. The van der Waals surface area contributed by atoms with Crippen molar-refractivity contribution < 1.29 is 4.74 Å². The molecule has 3 aliphatic rings. The van der Waals surface area contributed by atoms with Gasteiger partial charge in [0.15, 0.2) is 0 Å². The summed E-state index contributed by atoms with van der Waals surface area (Å²) in [6, 6.07) is 61.4. The maximum atomic E-state index is 9.25. The van der Waals surface area contributed by atoms with Gasteiger partial charge in [-0.2, -0.15) is 5.26 Å². The molecule has 5 heteroatoms. The predicted octanol–water partition coefficient (Wildman–Crippen LogP) is 10.0. The Morgan fingerprint density at radius 1 is 0.558 bits per heavy atom. The zero-order valence-electron chi connectivity index (χ0n) is 28.1. The summed E-state index contributed by atoms with van der Waals surface area (Å²) in [5.74, 6) is 2.60. The summed E-state index contributed by atoms with van der Waals surface area (Å²) in [4.78, 5) is 5.25. The molecule has 2 N–H and O–H groups in total. The van der Waals surface area contributed by atoms with Crippen molar-refractivity contribution in [2.75, 3.05) is 0 Å². The van der Waals surface area contributed by atoms with E-state index in [0.717, 1.165) is 56.3 Å². The van der Waals surface area contributed by atoms with E-state index in [1.807, 2.05) is 30.3 Å². The Morgan fingerprint density at radius 2 is 1.15 bits per heavy atom. The number of benzene rings is 7. The Kier molecular flexibility index (Phi) is 6.92. The molecule has 1 aliphatic carbocycles. The Hall–Kier alpha value is -6.74. The SMILES string of the molecule is N#Cc1ccc(-c2ccc(C3N=C(c4ccccc4)NC(c4cccc5c4-c4ccccc4C54c5ccccc5Oc5ccccc54)N3)cc2)cc1. The smallest absolute Gasteiger partial charge is 0.132 e. The van der Waals surface area contributed by atoms with Crippen LogP contribution in [0.2, 0.25) is 0 Å². The summed E-state index contributed by atoms with van der Waals surface area (Å²) >= 11 is 0. The molecule has 7 aromatic carbocycles. The van der Waals surface area contributed by atoms with Crippen LogP contribution in [0, 0.1) is 11.3 Å². The van der Waals surface area contributed by atoms with Crippen molar-refractivity contribution in [3.63, 3.8) is 0 Å². The van der Waals surface area contributed by atoms with Crippen LogP contribution in [0.4, 0.5) is 0 Å². The van der Waals surface area contributed by atoms with E-state index in [0.29, 0.717) is 5.56 Å². The zero-order chi connectivity index (χ0) is 34.6. The van der Waals surface area contributed by atoms with Crippen molar-refractivity contribution in [1.82, 2.24) is 10.6 Å². The number of amidine groups is 1. The maximum absolute atomic E-state index is 9.25. The number of nitriles is 1. The second-order valence-electron chi connectivity index (χ2n) is 13.5. The van der Waals surface area contributed by atoms with E-state index in [-0.39, 0.29) is 12.3 Å². The third-order valence-electron chi connectivity index (χ3n) is 10.7. The van der Waals surface area contributed by atoms with Crippen LogP contribution in [0.1, 0.15) is 56.8 Å². The third-order valence-corrected chi connectivity index (χ3v) is 10.7. The van der Waals surface area contributed by atoms with E-state index in [1.54, 1.807) is 0 Å². The first kappa shape index (κ1) is 30.1. The minimum Gasteiger partial charge on any atom is -0.457 e. The van der Waals surface area contributed by atoms with Crippen LogP contribution in [-0.2, 0) is 5.41 Å². The number of hydrogen-bond donors (Lipinski definition) is 2. The molecule has 1 spiro atoms. The molecule has 2 aliphatic heterocycles. The first-order valence-electron chi connectivity index (χ1n) is 17.6. The van der Waals surface area contributed by atoms with Gasteiger partial charge in [-0.05, 0) is 68.8 Å². The fraction of sp³-hybridized carbons (Fsp3) is 0.0638. The highest BCUT2D eigenvalue weighted by Gasteiger charge is 2.51. The largest absolute Gasteiger partial charge is 0.457 e. The summed E-state index contributed by atoms with van der Waals surface area (Å²) in [6.45, 7) is 0. The molecule has 52 heavy (non-hydrogen) atoms. The number of aliphatic imine (C=N–C) groups is 1. The number of nitrogens with zero attached hydrogens (tertiary/aromatic N) is 2. The lowest BCUT2D eigenvalue weighted by Crippen LogP contribution is -2.45. The minimum absolute atomic E-state index is 0.251. The van der Waals surface area contributed by atoms with Crippen LogP contribution < -0.4 is 15.4 Å². The average Bonchev–Trinajstić information content (AvgIpc) is 3.52. The summed E-state index contributed by atoms with van der Waals surface area (Å²) in [5, 5.41) is 17.0. The molecule has 0 aromatic heterocycles. The predicted molar refractivity (Wildman–Crippen MR) is 205 cm³/mol. The highest BCUT2D eigenvalue weighted by Crippen LogP contribution is 2.62. The van der Waals surface area contributed by atoms with Crippen molar-refractivity contribution in [2.45, 2.75) is 17.7 Å². The molecule has 0 saturated heterocycles. The number of hydrogen-bond acceptors (Lipinski definition) is 5. The lowest BCUT2D eigenvalue weighted by atomic mass is 9.66. The molecule has 2 heterocycles. The normalized spacial score (nSPS) is 17.3. The molecule has 0 fully saturated rings. The van der Waals surface area contributed by atoms with Crippen LogP contribution in [0.5, 0.6) is 11.5 Å². The third kappa shape index (κ3) is 4.55. The molecular formula is C47H32N4O. The van der Waals surface area contributed by atoms with Gasteiger partial charge in [0.25, 0.3) is 0 Å². The van der Waals surface area contributed by atoms with Gasteiger partial charge in [-0.1, -0.05) is 146 Å². The van der Waals surface area contributed by atoms with Crippen LogP contribution in [0.25, 0.3) is 22.3 Å². The van der Waals surface area contributed by atoms with E-state index in [2.05, 4.69) is 156 Å². The van der Waals surface area contributed by atoms with Gasteiger partial charge < -0.3 is 10.1 Å². The van der Waals surface area contributed by atoms with Gasteiger partial charge in [0, 0.05) is 16.7 Å². The van der Waals surface area contributed by atoms with Gasteiger partial charge >= 0.3 is 0 Å². The number of ether oxygens (including phenoxy) is 1. The Labute approximate surface area is 302 Å². The van der Waals surface area contributed by atoms with Gasteiger partial charge in [0.05, 0.1) is 17.0 Å². The zero-order valence-corrected chi connectivity index (χ0v) is 28.1. The Balaban J connectivity index is 1.12. The number of fused-ring (bicyclic) bond motifs is 9. The van der Waals surface area contributed by atoms with Gasteiger partial charge in [-0.25, -0.2) is 4.99 Å². The molecule has 10 rings (SSSR count). The van der Waals surface area contributed by atoms with Crippen LogP contribution in [0.3, 0.4) is 0 Å². The minimum atomic E-state index is -0.543. The molecule has 2 unspecified atom stereocenters. The van der Waals surface area contributed by atoms with Crippen molar-refractivity contribution in [3.05, 3.63) is 214 Å². The van der Waals surface area contributed by atoms with Gasteiger partial charge in [0.2, 0.25) is 0 Å². The summed E-state index contributed by atoms with van der Waals surface area (Å²) < 4.78 is 6.56. The Morgan fingerprint density at radius 3 is 1.85 bits per heavy atom. The van der Waals surface area contributed by atoms with Gasteiger partial charge in [0.1, 0.15) is 29.7 Å². The molecule has 7 aromatic rings.